The summed E-state index contributed by atoms with van der Waals surface area (Å²) in [6.07, 6.45) is 5.71. The van der Waals surface area contributed by atoms with Gasteiger partial charge in [0.15, 0.2) is 0 Å². The van der Waals surface area contributed by atoms with Crippen LogP contribution in [0.2, 0.25) is 0 Å². The van der Waals surface area contributed by atoms with Gasteiger partial charge in [-0.2, -0.15) is 15.0 Å². The molecule has 4 aliphatic heterocycles. The van der Waals surface area contributed by atoms with Crippen molar-refractivity contribution in [1.29, 1.82) is 0 Å². The highest BCUT2D eigenvalue weighted by atomic mass is 16.5. The molecule has 4 aliphatic rings. The first-order valence-corrected chi connectivity index (χ1v) is 13.6. The number of rotatable bonds is 5. The number of hydrogen-bond donors (Lipinski definition) is 2. The number of para-hydroxylation sites is 1. The second kappa shape index (κ2) is 9.25. The fourth-order valence-electron chi connectivity index (χ4n) is 6.54. The molecule has 37 heavy (non-hydrogen) atoms. The number of nitrogens with one attached hydrogen (secondary N) is 1. The Morgan fingerprint density at radius 1 is 0.973 bits per heavy atom. The van der Waals surface area contributed by atoms with Gasteiger partial charge in [-0.3, -0.25) is 0 Å². The Hall–Kier alpha value is -3.24. The zero-order valence-corrected chi connectivity index (χ0v) is 21.4. The average molecular weight is 502 g/mol. The third kappa shape index (κ3) is 4.31. The Kier molecular flexibility index (Phi) is 5.73. The molecule has 0 amide bonds. The molecule has 194 valence electrons. The molecule has 3 fully saturated rings. The highest BCUT2D eigenvalue weighted by Crippen LogP contribution is 2.35. The molecular weight excluding hydrogens is 466 g/mol. The number of hydrogen-bond acceptors (Lipinski definition) is 10. The van der Waals surface area contributed by atoms with E-state index in [0.717, 1.165) is 67.3 Å². The van der Waals surface area contributed by atoms with Crippen LogP contribution >= 0.6 is 0 Å². The first-order valence-electron chi connectivity index (χ1n) is 13.6. The van der Waals surface area contributed by atoms with Crippen LogP contribution in [0.4, 0.5) is 17.6 Å². The van der Waals surface area contributed by atoms with Crippen LogP contribution in [0.5, 0.6) is 6.01 Å². The summed E-state index contributed by atoms with van der Waals surface area (Å²) in [6, 6.07) is 10.0. The number of nitrogens with two attached hydrogens (primary N) is 1. The lowest BCUT2D eigenvalue weighted by Gasteiger charge is -2.37. The third-order valence-corrected chi connectivity index (χ3v) is 8.52. The first-order chi connectivity index (χ1) is 18.1. The SMILES string of the molecule is CN1CCC[C@H]1COc1nc2c(c(N3CC4CCC(C3)N4)n1)CCN(c1nc(N)nc3ccccc13)C2. The smallest absolute Gasteiger partial charge is 0.318 e. The van der Waals surface area contributed by atoms with Gasteiger partial charge in [0.05, 0.1) is 17.8 Å². The molecule has 1 aromatic carbocycles. The topological polar surface area (TPSA) is 109 Å². The second-order valence-electron chi connectivity index (χ2n) is 11.0. The summed E-state index contributed by atoms with van der Waals surface area (Å²) in [7, 11) is 2.17. The molecule has 3 saturated heterocycles. The van der Waals surface area contributed by atoms with E-state index < -0.39 is 0 Å². The summed E-state index contributed by atoms with van der Waals surface area (Å²) in [4.78, 5) is 26.2. The largest absolute Gasteiger partial charge is 0.462 e. The van der Waals surface area contributed by atoms with Gasteiger partial charge in [0.25, 0.3) is 0 Å². The standard InChI is InChI=1S/C27H35N9O/c1-34-11-4-5-19(34)16-37-27-31-23-15-35(24-20-6-2-3-7-22(20)30-26(28)32-24)12-10-21(23)25(33-27)36-13-17-8-9-18(14-36)29-17/h2-3,6-7,17-19,29H,4-5,8-16H2,1H3,(H2,28,30,32)/t17?,18?,19-/m0/s1. The number of benzene rings is 1. The summed E-state index contributed by atoms with van der Waals surface area (Å²) < 4.78 is 6.29. The van der Waals surface area contributed by atoms with Crippen LogP contribution in [0, 0.1) is 0 Å². The van der Waals surface area contributed by atoms with E-state index in [2.05, 4.69) is 43.1 Å². The summed E-state index contributed by atoms with van der Waals surface area (Å²) in [5, 5.41) is 4.75. The van der Waals surface area contributed by atoms with E-state index in [0.29, 0.717) is 43.2 Å². The maximum Gasteiger partial charge on any atom is 0.318 e. The quantitative estimate of drug-likeness (QED) is 0.539. The number of likely N-dealkylation sites (N-methyl/N-ethyl adjacent to an activating group) is 1. The molecule has 10 heteroatoms. The number of likely N-dealkylation sites (tertiary alicyclic amines) is 1. The summed E-state index contributed by atoms with van der Waals surface area (Å²) in [5.41, 5.74) is 9.24. The first kappa shape index (κ1) is 22.9. The fraction of sp³-hybridized carbons (Fsp3) is 0.556. The van der Waals surface area contributed by atoms with Crippen molar-refractivity contribution >= 4 is 28.5 Å². The molecule has 7 rings (SSSR count). The Bertz CT molecular complexity index is 1300. The van der Waals surface area contributed by atoms with Gasteiger partial charge in [0, 0.05) is 48.7 Å². The predicted octanol–water partition coefficient (Wildman–Crippen LogP) is 1.98. The molecule has 2 unspecified atom stereocenters. The molecule has 2 bridgehead atoms. The minimum Gasteiger partial charge on any atom is -0.462 e. The van der Waals surface area contributed by atoms with E-state index in [9.17, 15) is 0 Å². The highest BCUT2D eigenvalue weighted by Gasteiger charge is 2.35. The molecule has 2 aromatic heterocycles. The zero-order valence-electron chi connectivity index (χ0n) is 21.4. The van der Waals surface area contributed by atoms with Gasteiger partial charge in [-0.05, 0) is 57.8 Å². The number of nitrogen functional groups attached to an aromatic ring is 1. The fourth-order valence-corrected chi connectivity index (χ4v) is 6.54. The van der Waals surface area contributed by atoms with E-state index >= 15 is 0 Å². The molecule has 0 radical (unpaired) electrons. The zero-order chi connectivity index (χ0) is 24.9. The average Bonchev–Trinajstić information content (AvgIpc) is 3.49. The van der Waals surface area contributed by atoms with Crippen LogP contribution in [0.25, 0.3) is 10.9 Å². The molecule has 0 aliphatic carbocycles. The van der Waals surface area contributed by atoms with Crippen LogP contribution < -0.4 is 25.6 Å². The monoisotopic (exact) mass is 501 g/mol. The number of nitrogens with zero attached hydrogens (tertiary/aromatic N) is 7. The minimum atomic E-state index is 0.295. The van der Waals surface area contributed by atoms with Gasteiger partial charge in [0.2, 0.25) is 5.95 Å². The number of anilines is 3. The molecule has 10 nitrogen and oxygen atoms in total. The lowest BCUT2D eigenvalue weighted by Crippen LogP contribution is -2.52. The van der Waals surface area contributed by atoms with Gasteiger partial charge >= 0.3 is 6.01 Å². The van der Waals surface area contributed by atoms with Crippen molar-refractivity contribution in [2.24, 2.45) is 0 Å². The van der Waals surface area contributed by atoms with Crippen LogP contribution in [0.3, 0.4) is 0 Å². The van der Waals surface area contributed by atoms with Crippen molar-refractivity contribution in [1.82, 2.24) is 30.2 Å². The van der Waals surface area contributed by atoms with Crippen LogP contribution in [0.1, 0.15) is 36.9 Å². The van der Waals surface area contributed by atoms with E-state index in [1.807, 2.05) is 18.2 Å². The predicted molar refractivity (Wildman–Crippen MR) is 144 cm³/mol. The summed E-state index contributed by atoms with van der Waals surface area (Å²) >= 11 is 0. The van der Waals surface area contributed by atoms with Gasteiger partial charge in [-0.25, -0.2) is 4.98 Å². The van der Waals surface area contributed by atoms with Gasteiger partial charge < -0.3 is 30.5 Å². The third-order valence-electron chi connectivity index (χ3n) is 8.52. The summed E-state index contributed by atoms with van der Waals surface area (Å²) in [6.45, 7) is 5.19. The lowest BCUT2D eigenvalue weighted by molar-refractivity contribution is 0.187. The minimum absolute atomic E-state index is 0.295. The number of piperazine rings is 1. The Labute approximate surface area is 217 Å². The second-order valence-corrected chi connectivity index (χ2v) is 11.0. The highest BCUT2D eigenvalue weighted by molar-refractivity contribution is 5.90. The number of aromatic nitrogens is 4. The molecule has 3 atom stereocenters. The van der Waals surface area contributed by atoms with Crippen LogP contribution in [-0.4, -0.2) is 82.8 Å². The maximum atomic E-state index is 6.29. The molecule has 3 N–H and O–H groups in total. The summed E-state index contributed by atoms with van der Waals surface area (Å²) in [5.74, 6) is 2.22. The van der Waals surface area contributed by atoms with Gasteiger partial charge in [0.1, 0.15) is 18.2 Å². The Morgan fingerprint density at radius 2 is 1.81 bits per heavy atom. The van der Waals surface area contributed by atoms with Crippen molar-refractivity contribution in [2.75, 3.05) is 55.4 Å². The molecular formula is C27H35N9O. The van der Waals surface area contributed by atoms with Crippen molar-refractivity contribution in [3.05, 3.63) is 35.5 Å². The van der Waals surface area contributed by atoms with E-state index in [1.54, 1.807) is 0 Å². The van der Waals surface area contributed by atoms with E-state index in [-0.39, 0.29) is 0 Å². The van der Waals surface area contributed by atoms with Crippen LogP contribution in [-0.2, 0) is 13.0 Å². The molecule has 6 heterocycles. The number of ether oxygens (including phenoxy) is 1. The van der Waals surface area contributed by atoms with Crippen molar-refractivity contribution in [3.63, 3.8) is 0 Å². The number of fused-ring (bicyclic) bond motifs is 4. The van der Waals surface area contributed by atoms with Crippen molar-refractivity contribution in [2.45, 2.75) is 56.8 Å². The molecule has 0 saturated carbocycles. The van der Waals surface area contributed by atoms with E-state index in [4.69, 9.17) is 20.4 Å². The van der Waals surface area contributed by atoms with Crippen molar-refractivity contribution in [3.8, 4) is 6.01 Å². The van der Waals surface area contributed by atoms with E-state index in [1.165, 1.54) is 24.8 Å². The van der Waals surface area contributed by atoms with Gasteiger partial charge in [-0.1, -0.05) is 12.1 Å². The van der Waals surface area contributed by atoms with Gasteiger partial charge in [-0.15, -0.1) is 0 Å². The maximum absolute atomic E-state index is 6.29. The molecule has 0 spiro atoms. The Balaban J connectivity index is 1.23. The van der Waals surface area contributed by atoms with Crippen LogP contribution in [0.15, 0.2) is 24.3 Å². The van der Waals surface area contributed by atoms with Crippen molar-refractivity contribution < 1.29 is 4.74 Å². The normalized spacial score (nSPS) is 25.6. The molecule has 3 aromatic rings. The Morgan fingerprint density at radius 3 is 2.62 bits per heavy atom. The lowest BCUT2D eigenvalue weighted by atomic mass is 10.0.